The maximum Gasteiger partial charge on any atom is 0.395 e. The van der Waals surface area contributed by atoms with Gasteiger partial charge in [-0.3, -0.25) is 4.79 Å². The molecule has 1 amide bonds. The number of ether oxygens (including phenoxy) is 1. The van der Waals surface area contributed by atoms with Crippen LogP contribution < -0.4 is 4.74 Å². The summed E-state index contributed by atoms with van der Waals surface area (Å²) in [6, 6.07) is 11.6. The van der Waals surface area contributed by atoms with Crippen LogP contribution in [0.3, 0.4) is 0 Å². The molecule has 39 heavy (non-hydrogen) atoms. The number of piperidine rings is 2. The van der Waals surface area contributed by atoms with Crippen LogP contribution in [0.15, 0.2) is 42.5 Å². The smallest absolute Gasteiger partial charge is 0.395 e. The van der Waals surface area contributed by atoms with Gasteiger partial charge >= 0.3 is 6.18 Å². The minimum absolute atomic E-state index is 0.110. The molecule has 0 spiro atoms. The molecule has 212 valence electrons. The molecule has 2 aromatic rings. The Balaban J connectivity index is 1.11. The number of β-amino-alcohol motifs (C(OH)–C–C–N with tert-alkyl or cyclic N) is 1. The standard InChI is InChI=1S/C30H36F4N2O3/c31-27-17-23(28(38)36-14-1-3-24(37)18-36)6-9-26(27)22-4-7-25(8-5-22)39-19-21-10-15-35(16-11-21)20-29(12-2-13-29)30(32,33)34/h4-9,17,21,24,37H,1-3,10-16,18-20H2/t24-/m0/s1. The molecule has 2 heterocycles. The fraction of sp³-hybridized carbons (Fsp3) is 0.567. The van der Waals surface area contributed by atoms with E-state index in [0.717, 1.165) is 19.3 Å². The quantitative estimate of drug-likeness (QED) is 0.437. The Kier molecular flexibility index (Phi) is 8.19. The molecule has 3 aliphatic rings. The highest BCUT2D eigenvalue weighted by atomic mass is 19.4. The summed E-state index contributed by atoms with van der Waals surface area (Å²) in [7, 11) is 0. The van der Waals surface area contributed by atoms with Crippen molar-refractivity contribution in [2.45, 2.75) is 57.2 Å². The zero-order valence-electron chi connectivity index (χ0n) is 22.1. The van der Waals surface area contributed by atoms with E-state index >= 15 is 0 Å². The first kappa shape index (κ1) is 27.9. The second-order valence-electron chi connectivity index (χ2n) is 11.4. The van der Waals surface area contributed by atoms with Gasteiger partial charge < -0.3 is 19.6 Å². The van der Waals surface area contributed by atoms with Crippen LogP contribution >= 0.6 is 0 Å². The number of carbonyl (C=O) groups excluding carboxylic acids is 1. The molecule has 2 aliphatic heterocycles. The molecule has 1 atom stereocenters. The highest BCUT2D eigenvalue weighted by Gasteiger charge is 2.58. The molecule has 5 rings (SSSR count). The van der Waals surface area contributed by atoms with E-state index in [0.29, 0.717) is 56.0 Å². The molecule has 3 fully saturated rings. The number of alkyl halides is 3. The highest BCUT2D eigenvalue weighted by Crippen LogP contribution is 2.53. The topological polar surface area (TPSA) is 53.0 Å². The number of amides is 1. The number of nitrogens with zero attached hydrogens (tertiary/aromatic N) is 2. The fourth-order valence-electron chi connectivity index (χ4n) is 6.02. The Hall–Kier alpha value is -2.65. The summed E-state index contributed by atoms with van der Waals surface area (Å²) in [5, 5.41) is 9.83. The minimum atomic E-state index is -4.13. The molecule has 0 bridgehead atoms. The Labute approximate surface area is 226 Å². The lowest BCUT2D eigenvalue weighted by Gasteiger charge is -2.47. The lowest BCUT2D eigenvalue weighted by molar-refractivity contribution is -0.256. The molecular weight excluding hydrogens is 512 g/mol. The predicted octanol–water partition coefficient (Wildman–Crippen LogP) is 5.91. The molecule has 2 aromatic carbocycles. The van der Waals surface area contributed by atoms with E-state index in [9.17, 15) is 27.5 Å². The Morgan fingerprint density at radius 1 is 1.00 bits per heavy atom. The van der Waals surface area contributed by atoms with Gasteiger partial charge in [-0.25, -0.2) is 4.39 Å². The van der Waals surface area contributed by atoms with E-state index in [1.54, 1.807) is 41.3 Å². The number of rotatable bonds is 7. The molecule has 0 radical (unpaired) electrons. The van der Waals surface area contributed by atoms with Gasteiger partial charge in [-0.05, 0) is 87.4 Å². The molecular formula is C30H36F4N2O3. The summed E-state index contributed by atoms with van der Waals surface area (Å²) in [6.07, 6.45) is -0.523. The van der Waals surface area contributed by atoms with E-state index in [1.165, 1.54) is 6.07 Å². The Bertz CT molecular complexity index is 1140. The zero-order valence-corrected chi connectivity index (χ0v) is 22.1. The van der Waals surface area contributed by atoms with E-state index < -0.39 is 23.5 Å². The van der Waals surface area contributed by atoms with Gasteiger partial charge in [-0.2, -0.15) is 13.2 Å². The minimum Gasteiger partial charge on any atom is -0.493 e. The summed E-state index contributed by atoms with van der Waals surface area (Å²) in [5.41, 5.74) is -0.204. The van der Waals surface area contributed by atoms with Crippen LogP contribution in [0, 0.1) is 17.2 Å². The normalized spacial score (nSPS) is 22.4. The number of halogens is 4. The van der Waals surface area contributed by atoms with Crippen molar-refractivity contribution in [3.8, 4) is 16.9 Å². The van der Waals surface area contributed by atoms with Crippen LogP contribution in [0.4, 0.5) is 17.6 Å². The Morgan fingerprint density at radius 2 is 1.72 bits per heavy atom. The van der Waals surface area contributed by atoms with E-state index in [1.807, 2.05) is 4.90 Å². The van der Waals surface area contributed by atoms with Crippen LogP contribution in [0.5, 0.6) is 5.75 Å². The summed E-state index contributed by atoms with van der Waals surface area (Å²) in [4.78, 5) is 16.2. The van der Waals surface area contributed by atoms with Crippen LogP contribution in [-0.2, 0) is 0 Å². The Morgan fingerprint density at radius 3 is 2.31 bits per heavy atom. The largest absolute Gasteiger partial charge is 0.493 e. The van der Waals surface area contributed by atoms with Crippen molar-refractivity contribution in [1.82, 2.24) is 9.80 Å². The third-order valence-electron chi connectivity index (χ3n) is 8.70. The first-order chi connectivity index (χ1) is 18.6. The van der Waals surface area contributed by atoms with Crippen molar-refractivity contribution in [2.24, 2.45) is 11.3 Å². The molecule has 0 unspecified atom stereocenters. The zero-order chi connectivity index (χ0) is 27.6. The van der Waals surface area contributed by atoms with Crippen molar-refractivity contribution < 1.29 is 32.2 Å². The van der Waals surface area contributed by atoms with Crippen LogP contribution in [0.2, 0.25) is 0 Å². The molecule has 9 heteroatoms. The van der Waals surface area contributed by atoms with Gasteiger partial charge in [0, 0.05) is 30.8 Å². The van der Waals surface area contributed by atoms with Gasteiger partial charge in [0.1, 0.15) is 11.6 Å². The summed E-state index contributed by atoms with van der Waals surface area (Å²) < 4.78 is 61.4. The SMILES string of the molecule is O=C(c1ccc(-c2ccc(OCC3CCN(CC4(C(F)(F)F)CCC4)CC3)cc2)c(F)c1)N1CCC[C@H](O)C1. The van der Waals surface area contributed by atoms with Crippen LogP contribution in [0.25, 0.3) is 11.1 Å². The molecule has 1 saturated carbocycles. The molecule has 1 N–H and O–H groups in total. The van der Waals surface area contributed by atoms with Gasteiger partial charge in [-0.15, -0.1) is 0 Å². The predicted molar refractivity (Wildman–Crippen MR) is 140 cm³/mol. The maximum absolute atomic E-state index is 14.9. The van der Waals surface area contributed by atoms with Crippen molar-refractivity contribution in [3.63, 3.8) is 0 Å². The lowest BCUT2D eigenvalue weighted by Crippen LogP contribution is -2.53. The van der Waals surface area contributed by atoms with Gasteiger partial charge in [0.2, 0.25) is 0 Å². The third-order valence-corrected chi connectivity index (χ3v) is 8.70. The van der Waals surface area contributed by atoms with E-state index in [2.05, 4.69) is 0 Å². The van der Waals surface area contributed by atoms with Crippen molar-refractivity contribution in [1.29, 1.82) is 0 Å². The number of hydrogen-bond donors (Lipinski definition) is 1. The summed E-state index contributed by atoms with van der Waals surface area (Å²) in [6.45, 7) is 2.73. The van der Waals surface area contributed by atoms with Crippen molar-refractivity contribution >= 4 is 5.91 Å². The summed E-state index contributed by atoms with van der Waals surface area (Å²) >= 11 is 0. The average molecular weight is 549 g/mol. The van der Waals surface area contributed by atoms with Gasteiger partial charge in [0.05, 0.1) is 18.1 Å². The van der Waals surface area contributed by atoms with Gasteiger partial charge in [-0.1, -0.05) is 24.6 Å². The molecule has 2 saturated heterocycles. The number of benzene rings is 2. The van der Waals surface area contributed by atoms with Crippen LogP contribution in [-0.4, -0.2) is 72.4 Å². The maximum atomic E-state index is 14.9. The molecule has 0 aromatic heterocycles. The number of likely N-dealkylation sites (tertiary alicyclic amines) is 2. The molecule has 1 aliphatic carbocycles. The number of carbonyl (C=O) groups is 1. The van der Waals surface area contributed by atoms with Crippen LogP contribution in [0.1, 0.15) is 55.3 Å². The van der Waals surface area contributed by atoms with Crippen molar-refractivity contribution in [2.75, 3.05) is 39.3 Å². The average Bonchev–Trinajstić information content (AvgIpc) is 2.89. The first-order valence-corrected chi connectivity index (χ1v) is 13.9. The number of hydrogen-bond acceptors (Lipinski definition) is 4. The molecule has 5 nitrogen and oxygen atoms in total. The second-order valence-corrected chi connectivity index (χ2v) is 11.4. The number of aliphatic hydroxyl groups excluding tert-OH is 1. The lowest BCUT2D eigenvalue weighted by atomic mass is 9.67. The van der Waals surface area contributed by atoms with Gasteiger partial charge in [0.25, 0.3) is 5.91 Å². The van der Waals surface area contributed by atoms with E-state index in [4.69, 9.17) is 4.74 Å². The third kappa shape index (κ3) is 6.24. The number of aliphatic hydroxyl groups is 1. The van der Waals surface area contributed by atoms with E-state index in [-0.39, 0.29) is 43.3 Å². The monoisotopic (exact) mass is 548 g/mol. The first-order valence-electron chi connectivity index (χ1n) is 13.9. The van der Waals surface area contributed by atoms with Crippen molar-refractivity contribution in [3.05, 3.63) is 53.8 Å². The fourth-order valence-corrected chi connectivity index (χ4v) is 6.02. The second kappa shape index (κ2) is 11.5. The summed E-state index contributed by atoms with van der Waals surface area (Å²) in [5.74, 6) is 0.167. The van der Waals surface area contributed by atoms with Gasteiger partial charge in [0.15, 0.2) is 0 Å². The highest BCUT2D eigenvalue weighted by molar-refractivity contribution is 5.95.